The zero-order valence-electron chi connectivity index (χ0n) is 11.6. The van der Waals surface area contributed by atoms with Gasteiger partial charge in [0.05, 0.1) is 16.2 Å². The van der Waals surface area contributed by atoms with Crippen molar-refractivity contribution in [2.24, 2.45) is 0 Å². The third kappa shape index (κ3) is 2.59. The molecule has 0 spiro atoms. The predicted molar refractivity (Wildman–Crippen MR) is 75.3 cm³/mol. The maximum atomic E-state index is 11.4. The zero-order valence-corrected chi connectivity index (χ0v) is 11.6. The molecule has 0 aliphatic carbocycles. The molecule has 1 heterocycles. The Morgan fingerprint density at radius 3 is 2.45 bits per heavy atom. The number of nitro benzene ring substituents is 1. The highest BCUT2D eigenvalue weighted by molar-refractivity contribution is 5.95. The van der Waals surface area contributed by atoms with Crippen molar-refractivity contribution in [2.75, 3.05) is 4.90 Å². The van der Waals surface area contributed by atoms with Gasteiger partial charge in [0.2, 0.25) is 0 Å². The minimum atomic E-state index is -1.06. The van der Waals surface area contributed by atoms with Crippen LogP contribution < -0.4 is 4.90 Å². The Morgan fingerprint density at radius 1 is 1.35 bits per heavy atom. The lowest BCUT2D eigenvalue weighted by Crippen LogP contribution is -2.44. The number of non-ortho nitro benzene ring substituents is 1. The van der Waals surface area contributed by atoms with Crippen LogP contribution in [0.15, 0.2) is 18.2 Å². The molecule has 1 aromatic rings. The van der Waals surface area contributed by atoms with Crippen molar-refractivity contribution in [3.8, 4) is 0 Å². The average Bonchev–Trinajstić information content (AvgIpc) is 2.38. The van der Waals surface area contributed by atoms with Gasteiger partial charge in [-0.3, -0.25) is 10.1 Å². The quantitative estimate of drug-likeness (QED) is 0.678. The molecule has 108 valence electrons. The van der Waals surface area contributed by atoms with Crippen molar-refractivity contribution >= 4 is 17.3 Å². The first-order valence-electron chi connectivity index (χ1n) is 6.72. The lowest BCUT2D eigenvalue weighted by Gasteiger charge is -2.41. The molecular formula is C14H18N2O4. The van der Waals surface area contributed by atoms with Gasteiger partial charge in [0.15, 0.2) is 0 Å². The van der Waals surface area contributed by atoms with E-state index < -0.39 is 10.9 Å². The van der Waals surface area contributed by atoms with Crippen LogP contribution in [0.25, 0.3) is 0 Å². The monoisotopic (exact) mass is 278 g/mol. The van der Waals surface area contributed by atoms with Crippen LogP contribution in [0.5, 0.6) is 0 Å². The number of benzene rings is 1. The van der Waals surface area contributed by atoms with Crippen LogP contribution in [-0.4, -0.2) is 28.1 Å². The molecule has 2 atom stereocenters. The Labute approximate surface area is 117 Å². The van der Waals surface area contributed by atoms with E-state index in [1.54, 1.807) is 0 Å². The lowest BCUT2D eigenvalue weighted by atomic mass is 9.95. The Hall–Kier alpha value is -2.11. The van der Waals surface area contributed by atoms with Gasteiger partial charge < -0.3 is 10.0 Å². The minimum absolute atomic E-state index is 0.0741. The molecule has 20 heavy (non-hydrogen) atoms. The topological polar surface area (TPSA) is 83.7 Å². The van der Waals surface area contributed by atoms with Crippen LogP contribution in [0.1, 0.15) is 43.5 Å². The highest BCUT2D eigenvalue weighted by Crippen LogP contribution is 2.34. The predicted octanol–water partition coefficient (Wildman–Crippen LogP) is 3.06. The molecule has 2 rings (SSSR count). The van der Waals surface area contributed by atoms with Crippen LogP contribution >= 0.6 is 0 Å². The Morgan fingerprint density at radius 2 is 1.95 bits per heavy atom. The van der Waals surface area contributed by atoms with E-state index in [0.29, 0.717) is 5.69 Å². The van der Waals surface area contributed by atoms with Gasteiger partial charge in [-0.1, -0.05) is 0 Å². The summed E-state index contributed by atoms with van der Waals surface area (Å²) in [6, 6.07) is 4.30. The molecule has 0 radical (unpaired) electrons. The van der Waals surface area contributed by atoms with E-state index in [1.807, 2.05) is 18.7 Å². The normalized spacial score (nSPS) is 22.6. The van der Waals surface area contributed by atoms with Crippen LogP contribution in [-0.2, 0) is 0 Å². The van der Waals surface area contributed by atoms with E-state index in [0.717, 1.165) is 19.3 Å². The summed E-state index contributed by atoms with van der Waals surface area (Å²) in [5.74, 6) is -1.06. The summed E-state index contributed by atoms with van der Waals surface area (Å²) in [7, 11) is 0. The van der Waals surface area contributed by atoms with Crippen LogP contribution in [0.2, 0.25) is 0 Å². The summed E-state index contributed by atoms with van der Waals surface area (Å²) in [6.07, 6.45) is 3.02. The fraction of sp³-hybridized carbons (Fsp3) is 0.500. The van der Waals surface area contributed by atoms with Crippen molar-refractivity contribution < 1.29 is 14.8 Å². The highest BCUT2D eigenvalue weighted by atomic mass is 16.6. The van der Waals surface area contributed by atoms with Gasteiger partial charge in [0, 0.05) is 24.2 Å². The van der Waals surface area contributed by atoms with Crippen LogP contribution in [0.4, 0.5) is 11.4 Å². The number of piperidine rings is 1. The molecule has 1 saturated heterocycles. The molecule has 1 N–H and O–H groups in total. The second kappa shape index (κ2) is 5.48. The van der Waals surface area contributed by atoms with E-state index in [1.165, 1.54) is 18.2 Å². The fourth-order valence-electron chi connectivity index (χ4n) is 2.92. The largest absolute Gasteiger partial charge is 0.478 e. The SMILES string of the molecule is CC1CCCC(C)N1c1cc([N+](=O)[O-])ccc1C(=O)O. The van der Waals surface area contributed by atoms with E-state index in [2.05, 4.69) is 0 Å². The van der Waals surface area contributed by atoms with Gasteiger partial charge in [-0.05, 0) is 39.2 Å². The third-order valence-electron chi connectivity index (χ3n) is 3.89. The first kappa shape index (κ1) is 14.3. The number of carboxylic acid groups (broad SMARTS) is 1. The standard InChI is InChI=1S/C14H18N2O4/c1-9-4-3-5-10(2)15(9)13-8-11(16(19)20)6-7-12(13)14(17)18/h6-10H,3-5H2,1-2H3,(H,17,18). The summed E-state index contributed by atoms with van der Waals surface area (Å²) >= 11 is 0. The number of carboxylic acids is 1. The van der Waals surface area contributed by atoms with Crippen LogP contribution in [0.3, 0.4) is 0 Å². The van der Waals surface area contributed by atoms with E-state index in [9.17, 15) is 20.0 Å². The van der Waals surface area contributed by atoms with Gasteiger partial charge in [-0.15, -0.1) is 0 Å². The van der Waals surface area contributed by atoms with Crippen LogP contribution in [0, 0.1) is 10.1 Å². The Bertz CT molecular complexity index is 534. The molecule has 0 aromatic heterocycles. The molecule has 0 bridgehead atoms. The zero-order chi connectivity index (χ0) is 14.9. The number of nitro groups is 1. The molecule has 0 saturated carbocycles. The smallest absolute Gasteiger partial charge is 0.337 e. The number of nitrogens with zero attached hydrogens (tertiary/aromatic N) is 2. The van der Waals surface area contributed by atoms with Gasteiger partial charge >= 0.3 is 5.97 Å². The van der Waals surface area contributed by atoms with Gasteiger partial charge in [0.25, 0.3) is 5.69 Å². The number of anilines is 1. The van der Waals surface area contributed by atoms with E-state index in [4.69, 9.17) is 0 Å². The van der Waals surface area contributed by atoms with Gasteiger partial charge in [0.1, 0.15) is 0 Å². The second-order valence-electron chi connectivity index (χ2n) is 5.30. The van der Waals surface area contributed by atoms with E-state index in [-0.39, 0.29) is 23.3 Å². The number of carbonyl (C=O) groups is 1. The summed E-state index contributed by atoms with van der Waals surface area (Å²) in [4.78, 5) is 23.8. The molecule has 0 amide bonds. The first-order valence-corrected chi connectivity index (χ1v) is 6.72. The molecule has 1 aromatic carbocycles. The highest BCUT2D eigenvalue weighted by Gasteiger charge is 2.29. The van der Waals surface area contributed by atoms with Gasteiger partial charge in [-0.2, -0.15) is 0 Å². The number of hydrogen-bond acceptors (Lipinski definition) is 4. The van der Waals surface area contributed by atoms with Crippen molar-refractivity contribution in [1.82, 2.24) is 0 Å². The first-order chi connectivity index (χ1) is 9.41. The Balaban J connectivity index is 2.53. The van der Waals surface area contributed by atoms with Crippen molar-refractivity contribution in [3.05, 3.63) is 33.9 Å². The van der Waals surface area contributed by atoms with Crippen molar-refractivity contribution in [1.29, 1.82) is 0 Å². The number of rotatable bonds is 3. The maximum absolute atomic E-state index is 11.4. The lowest BCUT2D eigenvalue weighted by molar-refractivity contribution is -0.384. The Kier molecular flexibility index (Phi) is 3.92. The molecule has 1 aliphatic rings. The summed E-state index contributed by atoms with van der Waals surface area (Å²) < 4.78 is 0. The average molecular weight is 278 g/mol. The summed E-state index contributed by atoms with van der Waals surface area (Å²) in [6.45, 7) is 4.06. The van der Waals surface area contributed by atoms with Crippen molar-refractivity contribution in [2.45, 2.75) is 45.2 Å². The minimum Gasteiger partial charge on any atom is -0.478 e. The molecule has 2 unspecified atom stereocenters. The number of aromatic carboxylic acids is 1. The van der Waals surface area contributed by atoms with Gasteiger partial charge in [-0.25, -0.2) is 4.79 Å². The second-order valence-corrected chi connectivity index (χ2v) is 5.30. The number of hydrogen-bond donors (Lipinski definition) is 1. The summed E-state index contributed by atoms with van der Waals surface area (Å²) in [5, 5.41) is 20.2. The molecule has 6 heteroatoms. The van der Waals surface area contributed by atoms with Crippen molar-refractivity contribution in [3.63, 3.8) is 0 Å². The summed E-state index contributed by atoms with van der Waals surface area (Å²) in [5.41, 5.74) is 0.498. The third-order valence-corrected chi connectivity index (χ3v) is 3.89. The molecular weight excluding hydrogens is 260 g/mol. The fourth-order valence-corrected chi connectivity index (χ4v) is 2.92. The van der Waals surface area contributed by atoms with E-state index >= 15 is 0 Å². The molecule has 6 nitrogen and oxygen atoms in total. The molecule has 1 fully saturated rings. The maximum Gasteiger partial charge on any atom is 0.337 e. The molecule has 1 aliphatic heterocycles.